The lowest BCUT2D eigenvalue weighted by Gasteiger charge is -2.06. The van der Waals surface area contributed by atoms with Gasteiger partial charge >= 0.3 is 0 Å². The van der Waals surface area contributed by atoms with E-state index in [0.29, 0.717) is 17.1 Å². The molecule has 0 aliphatic carbocycles. The molecular weight excluding hydrogens is 202 g/mol. The molecular formula is C9H11NO3S. The Balaban J connectivity index is 3.10. The topological polar surface area (TPSA) is 47.6 Å². The number of amides is 1. The standard InChI is InChI=1S/C9H11NO3S/c1-12-7-3-6(9(11)10-14)4-8(5-7)13-2/h3-5,14H,1-2H3,(H,10,11). The van der Waals surface area contributed by atoms with Crippen LogP contribution in [0.2, 0.25) is 0 Å². The van der Waals surface area contributed by atoms with Crippen LogP contribution in [0.25, 0.3) is 0 Å². The van der Waals surface area contributed by atoms with Crippen molar-refractivity contribution in [1.82, 2.24) is 4.72 Å². The van der Waals surface area contributed by atoms with Crippen molar-refractivity contribution in [2.24, 2.45) is 0 Å². The van der Waals surface area contributed by atoms with Gasteiger partial charge in [-0.15, -0.1) is 0 Å². The molecule has 0 bridgehead atoms. The van der Waals surface area contributed by atoms with E-state index in [1.165, 1.54) is 14.2 Å². The molecule has 0 aromatic heterocycles. The maximum absolute atomic E-state index is 11.3. The lowest BCUT2D eigenvalue weighted by Crippen LogP contribution is -2.12. The number of methoxy groups -OCH3 is 2. The second kappa shape index (κ2) is 4.76. The number of carbonyl (C=O) groups is 1. The van der Waals surface area contributed by atoms with Crippen LogP contribution in [0.3, 0.4) is 0 Å². The Hall–Kier alpha value is -1.36. The van der Waals surface area contributed by atoms with Gasteiger partial charge in [0, 0.05) is 11.6 Å². The number of rotatable bonds is 3. The molecule has 76 valence electrons. The Bertz CT molecular complexity index is 319. The van der Waals surface area contributed by atoms with Crippen molar-refractivity contribution in [3.05, 3.63) is 23.8 Å². The molecule has 0 aliphatic heterocycles. The van der Waals surface area contributed by atoms with Crippen LogP contribution < -0.4 is 14.2 Å². The quantitative estimate of drug-likeness (QED) is 0.743. The summed E-state index contributed by atoms with van der Waals surface area (Å²) in [5.41, 5.74) is 0.441. The highest BCUT2D eigenvalue weighted by Crippen LogP contribution is 2.22. The van der Waals surface area contributed by atoms with Crippen molar-refractivity contribution < 1.29 is 14.3 Å². The minimum absolute atomic E-state index is 0.300. The molecule has 1 rings (SSSR count). The zero-order valence-corrected chi connectivity index (χ0v) is 8.80. The monoisotopic (exact) mass is 213 g/mol. The van der Waals surface area contributed by atoms with Gasteiger partial charge in [-0.1, -0.05) is 12.8 Å². The molecule has 4 nitrogen and oxygen atoms in total. The summed E-state index contributed by atoms with van der Waals surface area (Å²) in [6.07, 6.45) is 0. The molecule has 0 spiro atoms. The van der Waals surface area contributed by atoms with Gasteiger partial charge in [-0.3, -0.25) is 9.52 Å². The van der Waals surface area contributed by atoms with Gasteiger partial charge in [-0.2, -0.15) is 0 Å². The molecule has 0 unspecified atom stereocenters. The van der Waals surface area contributed by atoms with Gasteiger partial charge in [0.25, 0.3) is 5.91 Å². The highest BCUT2D eigenvalue weighted by atomic mass is 32.1. The zero-order chi connectivity index (χ0) is 10.6. The molecule has 1 aromatic carbocycles. The van der Waals surface area contributed by atoms with Crippen molar-refractivity contribution in [3.8, 4) is 11.5 Å². The van der Waals surface area contributed by atoms with Gasteiger partial charge < -0.3 is 9.47 Å². The van der Waals surface area contributed by atoms with Crippen molar-refractivity contribution in [1.29, 1.82) is 0 Å². The summed E-state index contributed by atoms with van der Waals surface area (Å²) in [6.45, 7) is 0. The Labute approximate surface area is 87.8 Å². The Morgan fingerprint density at radius 3 is 2.07 bits per heavy atom. The molecule has 1 aromatic rings. The van der Waals surface area contributed by atoms with Gasteiger partial charge in [0.15, 0.2) is 0 Å². The number of hydrogen-bond acceptors (Lipinski definition) is 4. The van der Waals surface area contributed by atoms with E-state index in [4.69, 9.17) is 9.47 Å². The normalized spacial score (nSPS) is 9.36. The second-order valence-corrected chi connectivity index (χ2v) is 2.77. The third kappa shape index (κ3) is 2.32. The van der Waals surface area contributed by atoms with E-state index in [2.05, 4.69) is 17.5 Å². The first-order chi connectivity index (χ1) is 6.71. The third-order valence-corrected chi connectivity index (χ3v) is 1.92. The minimum Gasteiger partial charge on any atom is -0.497 e. The van der Waals surface area contributed by atoms with Crippen LogP contribution in [-0.2, 0) is 0 Å². The molecule has 0 saturated heterocycles. The summed E-state index contributed by atoms with van der Waals surface area (Å²) in [5.74, 6) is 0.832. The maximum atomic E-state index is 11.3. The number of ether oxygens (including phenoxy) is 2. The Morgan fingerprint density at radius 2 is 1.71 bits per heavy atom. The molecule has 1 amide bonds. The van der Waals surface area contributed by atoms with Crippen molar-refractivity contribution >= 4 is 18.7 Å². The van der Waals surface area contributed by atoms with Crippen LogP contribution in [0.1, 0.15) is 10.4 Å². The van der Waals surface area contributed by atoms with Crippen LogP contribution in [0.15, 0.2) is 18.2 Å². The summed E-state index contributed by atoms with van der Waals surface area (Å²) in [4.78, 5) is 11.3. The van der Waals surface area contributed by atoms with E-state index in [0.717, 1.165) is 0 Å². The average Bonchev–Trinajstić information content (AvgIpc) is 2.27. The predicted octanol–water partition coefficient (Wildman–Crippen LogP) is 1.28. The minimum atomic E-state index is -0.300. The van der Waals surface area contributed by atoms with Gasteiger partial charge in [-0.05, 0) is 12.1 Å². The number of benzene rings is 1. The fourth-order valence-electron chi connectivity index (χ4n) is 1.00. The van der Waals surface area contributed by atoms with Crippen molar-refractivity contribution in [2.75, 3.05) is 14.2 Å². The second-order valence-electron chi connectivity index (χ2n) is 2.54. The number of thiol groups is 1. The summed E-state index contributed by atoms with van der Waals surface area (Å²) in [7, 11) is 3.05. The molecule has 1 N–H and O–H groups in total. The zero-order valence-electron chi connectivity index (χ0n) is 7.90. The first kappa shape index (κ1) is 10.7. The number of carbonyl (C=O) groups excluding carboxylic acids is 1. The first-order valence-corrected chi connectivity index (χ1v) is 4.33. The van der Waals surface area contributed by atoms with Crippen molar-refractivity contribution in [2.45, 2.75) is 0 Å². The predicted molar refractivity (Wildman–Crippen MR) is 56.0 cm³/mol. The lowest BCUT2D eigenvalue weighted by atomic mass is 10.2. The van der Waals surface area contributed by atoms with Crippen LogP contribution in [0.4, 0.5) is 0 Å². The SMILES string of the molecule is COc1cc(OC)cc(C(=O)NS)c1. The third-order valence-electron chi connectivity index (χ3n) is 1.72. The summed E-state index contributed by atoms with van der Waals surface area (Å²) >= 11 is 3.67. The summed E-state index contributed by atoms with van der Waals surface area (Å²) in [5, 5.41) is 0. The van der Waals surface area contributed by atoms with Gasteiger partial charge in [-0.25, -0.2) is 0 Å². The molecule has 0 heterocycles. The molecule has 0 radical (unpaired) electrons. The smallest absolute Gasteiger partial charge is 0.261 e. The van der Waals surface area contributed by atoms with Gasteiger partial charge in [0.05, 0.1) is 14.2 Å². The van der Waals surface area contributed by atoms with E-state index in [9.17, 15) is 4.79 Å². The van der Waals surface area contributed by atoms with Crippen LogP contribution >= 0.6 is 12.8 Å². The highest BCUT2D eigenvalue weighted by Gasteiger charge is 2.07. The first-order valence-electron chi connectivity index (χ1n) is 3.88. The van der Waals surface area contributed by atoms with Crippen LogP contribution in [0, 0.1) is 0 Å². The molecule has 5 heteroatoms. The largest absolute Gasteiger partial charge is 0.497 e. The highest BCUT2D eigenvalue weighted by molar-refractivity contribution is 7.78. The van der Waals surface area contributed by atoms with Crippen molar-refractivity contribution in [3.63, 3.8) is 0 Å². The number of nitrogens with one attached hydrogen (secondary N) is 1. The number of hydrogen-bond donors (Lipinski definition) is 2. The van der Waals surface area contributed by atoms with E-state index < -0.39 is 0 Å². The molecule has 0 atom stereocenters. The van der Waals surface area contributed by atoms with E-state index >= 15 is 0 Å². The summed E-state index contributed by atoms with van der Waals surface area (Å²) in [6, 6.07) is 4.90. The van der Waals surface area contributed by atoms with E-state index in [1.54, 1.807) is 18.2 Å². The maximum Gasteiger partial charge on any atom is 0.261 e. The molecule has 0 saturated carbocycles. The fraction of sp³-hybridized carbons (Fsp3) is 0.222. The molecule has 0 aliphatic rings. The lowest BCUT2D eigenvalue weighted by molar-refractivity contribution is 0.0984. The fourth-order valence-corrected chi connectivity index (χ4v) is 1.13. The summed E-state index contributed by atoms with van der Waals surface area (Å²) < 4.78 is 12.2. The van der Waals surface area contributed by atoms with Gasteiger partial charge in [0.2, 0.25) is 0 Å². The van der Waals surface area contributed by atoms with E-state index in [-0.39, 0.29) is 5.91 Å². The van der Waals surface area contributed by atoms with Gasteiger partial charge in [0.1, 0.15) is 11.5 Å². The van der Waals surface area contributed by atoms with Crippen LogP contribution in [-0.4, -0.2) is 20.1 Å². The van der Waals surface area contributed by atoms with Crippen LogP contribution in [0.5, 0.6) is 11.5 Å². The Morgan fingerprint density at radius 1 is 1.21 bits per heavy atom. The molecule has 14 heavy (non-hydrogen) atoms. The Kier molecular flexibility index (Phi) is 3.64. The average molecular weight is 213 g/mol. The molecule has 0 fully saturated rings. The van der Waals surface area contributed by atoms with E-state index in [1.807, 2.05) is 0 Å².